The summed E-state index contributed by atoms with van der Waals surface area (Å²) in [5.41, 5.74) is 7.35. The lowest BCUT2D eigenvalue weighted by Gasteiger charge is -2.22. The number of methoxy groups -OCH3 is 1. The fourth-order valence-electron chi connectivity index (χ4n) is 2.55. The second-order valence-corrected chi connectivity index (χ2v) is 5.17. The molecular formula is C14H19N5O2. The van der Waals surface area contributed by atoms with Gasteiger partial charge >= 0.3 is 0 Å². The van der Waals surface area contributed by atoms with Crippen LogP contribution in [-0.4, -0.2) is 40.0 Å². The first-order valence-electron chi connectivity index (χ1n) is 7.09. The first kappa shape index (κ1) is 13.8. The van der Waals surface area contributed by atoms with Crippen molar-refractivity contribution in [2.75, 3.05) is 19.5 Å². The average Bonchev–Trinajstić information content (AvgIpc) is 2.96. The molecule has 21 heavy (non-hydrogen) atoms. The third kappa shape index (κ3) is 3.13. The molecule has 1 aliphatic rings. The zero-order valence-electron chi connectivity index (χ0n) is 12.0. The monoisotopic (exact) mass is 289 g/mol. The van der Waals surface area contributed by atoms with E-state index in [2.05, 4.69) is 15.5 Å². The van der Waals surface area contributed by atoms with Gasteiger partial charge in [0, 0.05) is 23.9 Å². The molecule has 7 nitrogen and oxygen atoms in total. The Hall–Kier alpha value is -2.15. The molecule has 2 heterocycles. The van der Waals surface area contributed by atoms with Gasteiger partial charge < -0.3 is 15.2 Å². The fraction of sp³-hybridized carbons (Fsp3) is 0.500. The normalized spacial score (nSPS) is 18.6. The largest absolute Gasteiger partial charge is 0.497 e. The van der Waals surface area contributed by atoms with Gasteiger partial charge in [-0.2, -0.15) is 0 Å². The van der Waals surface area contributed by atoms with Crippen LogP contribution in [0.5, 0.6) is 5.75 Å². The van der Waals surface area contributed by atoms with E-state index < -0.39 is 0 Å². The lowest BCUT2D eigenvalue weighted by atomic mass is 10.1. The maximum Gasteiger partial charge on any atom is 0.182 e. The van der Waals surface area contributed by atoms with Gasteiger partial charge in [-0.15, -0.1) is 5.10 Å². The van der Waals surface area contributed by atoms with Gasteiger partial charge in [0.2, 0.25) is 0 Å². The molecule has 1 aromatic heterocycles. The average molecular weight is 289 g/mol. The van der Waals surface area contributed by atoms with E-state index in [1.807, 2.05) is 12.1 Å². The van der Waals surface area contributed by atoms with Crippen LogP contribution < -0.4 is 10.5 Å². The van der Waals surface area contributed by atoms with E-state index >= 15 is 0 Å². The minimum absolute atomic E-state index is 0.170. The predicted molar refractivity (Wildman–Crippen MR) is 77.8 cm³/mol. The highest BCUT2D eigenvalue weighted by atomic mass is 16.5. The number of hydrogen-bond acceptors (Lipinski definition) is 6. The van der Waals surface area contributed by atoms with Crippen molar-refractivity contribution < 1.29 is 9.47 Å². The number of ether oxygens (including phenoxy) is 2. The SMILES string of the molecule is COc1cc(N)cc(-c2nnnn2CC2CCCCO2)c1. The van der Waals surface area contributed by atoms with Gasteiger partial charge in [0.1, 0.15) is 5.75 Å². The molecule has 2 aromatic rings. The van der Waals surface area contributed by atoms with Gasteiger partial charge in [0.15, 0.2) is 5.82 Å². The Labute approximate surface area is 123 Å². The molecule has 1 aliphatic heterocycles. The van der Waals surface area contributed by atoms with E-state index in [0.717, 1.165) is 25.0 Å². The van der Waals surface area contributed by atoms with Crippen molar-refractivity contribution in [3.8, 4) is 17.1 Å². The Morgan fingerprint density at radius 2 is 2.29 bits per heavy atom. The highest BCUT2D eigenvalue weighted by Crippen LogP contribution is 2.26. The standard InChI is InChI=1S/C14H19N5O2/c1-20-13-7-10(6-11(15)8-13)14-16-17-18-19(14)9-12-4-2-3-5-21-12/h6-8,12H,2-5,9,15H2,1H3. The van der Waals surface area contributed by atoms with Crippen LogP contribution in [0.15, 0.2) is 18.2 Å². The number of nitrogen functional groups attached to an aromatic ring is 1. The Balaban J connectivity index is 1.86. The molecule has 0 bridgehead atoms. The Morgan fingerprint density at radius 3 is 3.05 bits per heavy atom. The molecule has 0 radical (unpaired) electrons. The zero-order chi connectivity index (χ0) is 14.7. The number of rotatable bonds is 4. The van der Waals surface area contributed by atoms with Crippen LogP contribution in [-0.2, 0) is 11.3 Å². The molecule has 0 aliphatic carbocycles. The van der Waals surface area contributed by atoms with E-state index in [1.165, 1.54) is 6.42 Å². The van der Waals surface area contributed by atoms with E-state index in [-0.39, 0.29) is 6.10 Å². The second-order valence-electron chi connectivity index (χ2n) is 5.17. The molecule has 7 heteroatoms. The summed E-state index contributed by atoms with van der Waals surface area (Å²) in [6.07, 6.45) is 3.53. The minimum atomic E-state index is 0.170. The molecular weight excluding hydrogens is 270 g/mol. The Kier molecular flexibility index (Phi) is 4.01. The summed E-state index contributed by atoms with van der Waals surface area (Å²) in [4.78, 5) is 0. The summed E-state index contributed by atoms with van der Waals surface area (Å²) in [5, 5.41) is 11.9. The summed E-state index contributed by atoms with van der Waals surface area (Å²) in [6.45, 7) is 1.47. The molecule has 1 fully saturated rings. The van der Waals surface area contributed by atoms with Crippen molar-refractivity contribution in [1.29, 1.82) is 0 Å². The van der Waals surface area contributed by atoms with Crippen LogP contribution in [0.25, 0.3) is 11.4 Å². The summed E-state index contributed by atoms with van der Waals surface area (Å²) in [5.74, 6) is 1.36. The predicted octanol–water partition coefficient (Wildman–Crippen LogP) is 1.50. The minimum Gasteiger partial charge on any atom is -0.497 e. The molecule has 1 unspecified atom stereocenters. The van der Waals surface area contributed by atoms with Gasteiger partial charge in [-0.05, 0) is 41.8 Å². The Bertz CT molecular complexity index is 607. The summed E-state index contributed by atoms with van der Waals surface area (Å²) in [6, 6.07) is 5.48. The maximum atomic E-state index is 5.89. The van der Waals surface area contributed by atoms with Crippen molar-refractivity contribution in [1.82, 2.24) is 20.2 Å². The molecule has 1 aromatic carbocycles. The first-order valence-corrected chi connectivity index (χ1v) is 7.09. The molecule has 1 saturated heterocycles. The number of nitrogens with zero attached hydrogens (tertiary/aromatic N) is 4. The van der Waals surface area contributed by atoms with Crippen molar-refractivity contribution in [2.24, 2.45) is 0 Å². The third-order valence-corrected chi connectivity index (χ3v) is 3.61. The topological polar surface area (TPSA) is 88.1 Å². The number of aromatic nitrogens is 4. The zero-order valence-corrected chi connectivity index (χ0v) is 12.0. The lowest BCUT2D eigenvalue weighted by Crippen LogP contribution is -2.25. The van der Waals surface area contributed by atoms with Gasteiger partial charge in [-0.3, -0.25) is 0 Å². The van der Waals surface area contributed by atoms with Gasteiger partial charge in [-0.25, -0.2) is 4.68 Å². The fourth-order valence-corrected chi connectivity index (χ4v) is 2.55. The summed E-state index contributed by atoms with van der Waals surface area (Å²) in [7, 11) is 1.61. The van der Waals surface area contributed by atoms with Crippen molar-refractivity contribution in [3.05, 3.63) is 18.2 Å². The summed E-state index contributed by atoms with van der Waals surface area (Å²) < 4.78 is 12.8. The molecule has 1 atom stereocenters. The number of nitrogens with two attached hydrogens (primary N) is 1. The van der Waals surface area contributed by atoms with E-state index in [4.69, 9.17) is 15.2 Å². The van der Waals surface area contributed by atoms with Crippen molar-refractivity contribution >= 4 is 5.69 Å². The van der Waals surface area contributed by atoms with Crippen molar-refractivity contribution in [3.63, 3.8) is 0 Å². The van der Waals surface area contributed by atoms with E-state index in [0.29, 0.717) is 23.8 Å². The number of tetrazole rings is 1. The number of anilines is 1. The van der Waals surface area contributed by atoms with Gasteiger partial charge in [-0.1, -0.05) is 0 Å². The molecule has 0 spiro atoms. The van der Waals surface area contributed by atoms with Crippen LogP contribution in [0.4, 0.5) is 5.69 Å². The molecule has 112 valence electrons. The number of hydrogen-bond donors (Lipinski definition) is 1. The van der Waals surface area contributed by atoms with Crippen LogP contribution in [0.3, 0.4) is 0 Å². The van der Waals surface area contributed by atoms with Crippen LogP contribution in [0.1, 0.15) is 19.3 Å². The van der Waals surface area contributed by atoms with Crippen molar-refractivity contribution in [2.45, 2.75) is 31.9 Å². The van der Waals surface area contributed by atoms with E-state index in [1.54, 1.807) is 17.9 Å². The second kappa shape index (κ2) is 6.09. The molecule has 2 N–H and O–H groups in total. The van der Waals surface area contributed by atoms with Gasteiger partial charge in [0.25, 0.3) is 0 Å². The van der Waals surface area contributed by atoms with Crippen LogP contribution in [0.2, 0.25) is 0 Å². The first-order chi connectivity index (χ1) is 10.3. The highest BCUT2D eigenvalue weighted by molar-refractivity contribution is 5.64. The quantitative estimate of drug-likeness (QED) is 0.858. The van der Waals surface area contributed by atoms with Gasteiger partial charge in [0.05, 0.1) is 19.8 Å². The summed E-state index contributed by atoms with van der Waals surface area (Å²) >= 11 is 0. The van der Waals surface area contributed by atoms with Crippen LogP contribution in [0, 0.1) is 0 Å². The van der Waals surface area contributed by atoms with Crippen LogP contribution >= 0.6 is 0 Å². The van der Waals surface area contributed by atoms with E-state index in [9.17, 15) is 0 Å². The smallest absolute Gasteiger partial charge is 0.182 e. The lowest BCUT2D eigenvalue weighted by molar-refractivity contribution is 0.00397. The molecule has 0 saturated carbocycles. The maximum absolute atomic E-state index is 5.89. The Morgan fingerprint density at radius 1 is 1.38 bits per heavy atom. The molecule has 3 rings (SSSR count). The highest BCUT2D eigenvalue weighted by Gasteiger charge is 2.18. The third-order valence-electron chi connectivity index (χ3n) is 3.61. The molecule has 0 amide bonds. The number of benzene rings is 1.